The molecule has 5 heterocycles. The highest BCUT2D eigenvalue weighted by Gasteiger charge is 2.44. The van der Waals surface area contributed by atoms with Crippen LogP contribution in [0.15, 0.2) is 48.8 Å². The van der Waals surface area contributed by atoms with Crippen molar-refractivity contribution in [3.63, 3.8) is 0 Å². The molecule has 0 spiro atoms. The highest BCUT2D eigenvalue weighted by Crippen LogP contribution is 2.46. The Morgan fingerprint density at radius 3 is 2.51 bits per heavy atom. The number of carbonyl (C=O) groups is 4. The van der Waals surface area contributed by atoms with E-state index >= 15 is 0 Å². The molecule has 11 heteroatoms. The maximum Gasteiger partial charge on any atom is 0.262 e. The van der Waals surface area contributed by atoms with Crippen LogP contribution >= 0.6 is 0 Å². The van der Waals surface area contributed by atoms with Crippen LogP contribution in [0.25, 0.3) is 22.3 Å². The van der Waals surface area contributed by atoms with Crippen LogP contribution < -0.4 is 10.6 Å². The molecule has 8 rings (SSSR count). The summed E-state index contributed by atoms with van der Waals surface area (Å²) in [5.74, 6) is -1.03. The van der Waals surface area contributed by atoms with Crippen LogP contribution in [0.1, 0.15) is 96.8 Å². The standard InChI is InChI=1S/C34H35N7O4/c1-18(2)39-12-11-21-5-8-27(36-31(21)39)26-17-40(38-30(26)20-3-4-20)23-13-19(14-23)16-35-22-6-7-24-25(15-22)34(45)41(33(24)44)28-9-10-29(42)37-32(28)43/h5-8,11-12,15,17-20,23,28,35H,3-4,9-10,13-14,16H2,1-2H3,(H,37,42,43). The Morgan fingerprint density at radius 1 is 0.956 bits per heavy atom. The monoisotopic (exact) mass is 605 g/mol. The van der Waals surface area contributed by atoms with Gasteiger partial charge in [-0.2, -0.15) is 5.10 Å². The van der Waals surface area contributed by atoms with Crippen LogP contribution in [0.3, 0.4) is 0 Å². The number of fused-ring (bicyclic) bond motifs is 2. The molecule has 4 aromatic rings. The van der Waals surface area contributed by atoms with Crippen molar-refractivity contribution in [2.45, 2.75) is 76.4 Å². The lowest BCUT2D eigenvalue weighted by atomic mass is 9.80. The lowest BCUT2D eigenvalue weighted by molar-refractivity contribution is -0.136. The molecule has 2 saturated carbocycles. The van der Waals surface area contributed by atoms with E-state index in [-0.39, 0.29) is 29.9 Å². The van der Waals surface area contributed by atoms with Crippen molar-refractivity contribution >= 4 is 40.3 Å². The first-order chi connectivity index (χ1) is 21.7. The average Bonchev–Trinajstić information content (AvgIpc) is 3.52. The van der Waals surface area contributed by atoms with E-state index in [1.807, 2.05) is 0 Å². The molecule has 3 fully saturated rings. The maximum absolute atomic E-state index is 13.2. The fourth-order valence-electron chi connectivity index (χ4n) is 6.97. The molecule has 1 aromatic carbocycles. The van der Waals surface area contributed by atoms with E-state index in [0.717, 1.165) is 58.0 Å². The number of pyridine rings is 1. The molecule has 4 aliphatic rings. The minimum absolute atomic E-state index is 0.0976. The van der Waals surface area contributed by atoms with E-state index in [4.69, 9.17) is 10.1 Å². The van der Waals surface area contributed by atoms with Crippen LogP contribution in [-0.4, -0.2) is 60.4 Å². The largest absolute Gasteiger partial charge is 0.385 e. The number of hydrogen-bond acceptors (Lipinski definition) is 7. The Hall–Kier alpha value is -4.80. The average molecular weight is 606 g/mol. The summed E-state index contributed by atoms with van der Waals surface area (Å²) in [5.41, 5.74) is 5.61. The van der Waals surface area contributed by atoms with Crippen molar-refractivity contribution in [1.29, 1.82) is 0 Å². The number of carbonyl (C=O) groups excluding carboxylic acids is 4. The van der Waals surface area contributed by atoms with Gasteiger partial charge in [0.15, 0.2) is 0 Å². The zero-order valence-electron chi connectivity index (χ0n) is 25.3. The normalized spacial score (nSPS) is 23.1. The number of piperidine rings is 1. The van der Waals surface area contributed by atoms with Gasteiger partial charge in [-0.1, -0.05) is 0 Å². The highest BCUT2D eigenvalue weighted by atomic mass is 16.2. The molecule has 1 unspecified atom stereocenters. The second kappa shape index (κ2) is 10.4. The highest BCUT2D eigenvalue weighted by molar-refractivity contribution is 6.23. The zero-order chi connectivity index (χ0) is 31.0. The molecule has 2 N–H and O–H groups in total. The molecule has 0 radical (unpaired) electrons. The second-order valence-corrected chi connectivity index (χ2v) is 13.2. The van der Waals surface area contributed by atoms with Gasteiger partial charge in [0.1, 0.15) is 11.7 Å². The van der Waals surface area contributed by atoms with Crippen LogP contribution in [0.4, 0.5) is 5.69 Å². The predicted molar refractivity (Wildman–Crippen MR) is 167 cm³/mol. The Balaban J connectivity index is 0.930. The van der Waals surface area contributed by atoms with Crippen molar-refractivity contribution in [2.75, 3.05) is 11.9 Å². The van der Waals surface area contributed by atoms with E-state index in [2.05, 4.69) is 64.3 Å². The Morgan fingerprint density at radius 2 is 1.76 bits per heavy atom. The zero-order valence-corrected chi connectivity index (χ0v) is 25.3. The van der Waals surface area contributed by atoms with Crippen LogP contribution in [-0.2, 0) is 9.59 Å². The Kier molecular flexibility index (Phi) is 6.40. The van der Waals surface area contributed by atoms with Crippen molar-refractivity contribution in [3.05, 3.63) is 65.6 Å². The fraction of sp³-hybridized carbons (Fsp3) is 0.412. The molecule has 2 aliphatic heterocycles. The Labute approximate surface area is 260 Å². The maximum atomic E-state index is 13.2. The molecule has 1 saturated heterocycles. The van der Waals surface area contributed by atoms with E-state index in [1.165, 1.54) is 12.8 Å². The van der Waals surface area contributed by atoms with Crippen molar-refractivity contribution in [3.8, 4) is 11.3 Å². The van der Waals surface area contributed by atoms with Gasteiger partial charge in [0, 0.05) is 54.0 Å². The number of amides is 4. The summed E-state index contributed by atoms with van der Waals surface area (Å²) in [5, 5.41) is 11.9. The second-order valence-electron chi connectivity index (χ2n) is 13.2. The molecule has 3 aromatic heterocycles. The van der Waals surface area contributed by atoms with Crippen LogP contribution in [0.2, 0.25) is 0 Å². The molecule has 1 atom stereocenters. The molecule has 4 amide bonds. The van der Waals surface area contributed by atoms with E-state index in [1.54, 1.807) is 18.2 Å². The van der Waals surface area contributed by atoms with E-state index in [9.17, 15) is 19.2 Å². The molecule has 11 nitrogen and oxygen atoms in total. The van der Waals surface area contributed by atoms with Crippen LogP contribution in [0, 0.1) is 5.92 Å². The number of hydrogen-bond donors (Lipinski definition) is 2. The number of aromatic nitrogens is 4. The number of imide groups is 2. The van der Waals surface area contributed by atoms with Crippen LogP contribution in [0.5, 0.6) is 0 Å². The molecule has 45 heavy (non-hydrogen) atoms. The van der Waals surface area contributed by atoms with Gasteiger partial charge < -0.3 is 9.88 Å². The predicted octanol–water partition coefficient (Wildman–Crippen LogP) is 4.82. The number of benzene rings is 1. The summed E-state index contributed by atoms with van der Waals surface area (Å²) in [6.07, 6.45) is 8.87. The van der Waals surface area contributed by atoms with Gasteiger partial charge >= 0.3 is 0 Å². The minimum atomic E-state index is -0.966. The third-order valence-corrected chi connectivity index (χ3v) is 9.74. The van der Waals surface area contributed by atoms with Gasteiger partial charge in [-0.25, -0.2) is 4.98 Å². The van der Waals surface area contributed by atoms with Gasteiger partial charge in [-0.15, -0.1) is 0 Å². The fourth-order valence-corrected chi connectivity index (χ4v) is 6.97. The number of rotatable bonds is 8. The summed E-state index contributed by atoms with van der Waals surface area (Å²) in [6, 6.07) is 11.2. The molecule has 230 valence electrons. The quantitative estimate of drug-likeness (QED) is 0.275. The molecular formula is C34H35N7O4. The van der Waals surface area contributed by atoms with Crippen molar-refractivity contribution in [1.82, 2.24) is 29.5 Å². The summed E-state index contributed by atoms with van der Waals surface area (Å²) in [6.45, 7) is 5.08. The number of nitrogens with zero attached hydrogens (tertiary/aromatic N) is 5. The van der Waals surface area contributed by atoms with Gasteiger partial charge in [0.05, 0.1) is 28.6 Å². The molecular weight excluding hydrogens is 570 g/mol. The van der Waals surface area contributed by atoms with Gasteiger partial charge in [-0.3, -0.25) is 34.1 Å². The lowest BCUT2D eigenvalue weighted by Crippen LogP contribution is -2.54. The third-order valence-electron chi connectivity index (χ3n) is 9.74. The van der Waals surface area contributed by atoms with E-state index in [0.29, 0.717) is 23.9 Å². The first-order valence-corrected chi connectivity index (χ1v) is 15.9. The van der Waals surface area contributed by atoms with Gasteiger partial charge in [0.2, 0.25) is 11.8 Å². The van der Waals surface area contributed by atoms with E-state index < -0.39 is 23.8 Å². The first kappa shape index (κ1) is 27.7. The third kappa shape index (κ3) is 4.72. The summed E-state index contributed by atoms with van der Waals surface area (Å²) < 4.78 is 4.36. The smallest absolute Gasteiger partial charge is 0.262 e. The van der Waals surface area contributed by atoms with Crippen molar-refractivity contribution < 1.29 is 19.2 Å². The summed E-state index contributed by atoms with van der Waals surface area (Å²) in [7, 11) is 0. The van der Waals surface area contributed by atoms with Gasteiger partial charge in [-0.05, 0) is 88.3 Å². The molecule has 0 bridgehead atoms. The first-order valence-electron chi connectivity index (χ1n) is 15.9. The van der Waals surface area contributed by atoms with Gasteiger partial charge in [0.25, 0.3) is 11.8 Å². The summed E-state index contributed by atoms with van der Waals surface area (Å²) in [4.78, 5) is 56.1. The topological polar surface area (TPSA) is 131 Å². The Bertz CT molecular complexity index is 1900. The summed E-state index contributed by atoms with van der Waals surface area (Å²) >= 11 is 0. The SMILES string of the molecule is CC(C)n1ccc2ccc(-c3cn(C4CC(CNc5ccc6c(c5)C(=O)N(C5CCC(=O)NC5=O)C6=O)C4)nc3C3CC3)nc21. The lowest BCUT2D eigenvalue weighted by Gasteiger charge is -2.35. The van der Waals surface area contributed by atoms with Crippen molar-refractivity contribution in [2.24, 2.45) is 5.92 Å². The number of anilines is 1. The number of nitrogens with one attached hydrogen (secondary N) is 2. The molecule has 2 aliphatic carbocycles. The minimum Gasteiger partial charge on any atom is -0.385 e.